The van der Waals surface area contributed by atoms with Crippen molar-refractivity contribution in [2.45, 2.75) is 19.9 Å². The minimum absolute atomic E-state index is 0. The molecule has 0 bridgehead atoms. The van der Waals surface area contributed by atoms with Gasteiger partial charge in [0, 0.05) is 19.3 Å². The summed E-state index contributed by atoms with van der Waals surface area (Å²) in [6.07, 6.45) is 2.88. The van der Waals surface area contributed by atoms with Gasteiger partial charge in [-0.15, -0.1) is 24.8 Å². The lowest BCUT2D eigenvalue weighted by atomic mass is 10.1. The number of nitrogens with one attached hydrogen (secondary N) is 2. The van der Waals surface area contributed by atoms with E-state index < -0.39 is 0 Å². The molecule has 1 fully saturated rings. The first-order chi connectivity index (χ1) is 7.75. The Morgan fingerprint density at radius 3 is 2.94 bits per heavy atom. The smallest absolute Gasteiger partial charge is 0.224 e. The number of halogens is 2. The van der Waals surface area contributed by atoms with Crippen LogP contribution < -0.4 is 10.6 Å². The molecule has 5 nitrogen and oxygen atoms in total. The molecule has 0 saturated carbocycles. The van der Waals surface area contributed by atoms with Gasteiger partial charge in [-0.3, -0.25) is 9.48 Å². The topological polar surface area (TPSA) is 59.0 Å². The largest absolute Gasteiger partial charge is 0.354 e. The third-order valence-electron chi connectivity index (χ3n) is 2.85. The van der Waals surface area contributed by atoms with Crippen LogP contribution in [-0.4, -0.2) is 35.3 Å². The van der Waals surface area contributed by atoms with Gasteiger partial charge in [-0.2, -0.15) is 5.10 Å². The zero-order chi connectivity index (χ0) is 11.4. The lowest BCUT2D eigenvalue weighted by molar-refractivity contribution is -0.124. The van der Waals surface area contributed by atoms with Gasteiger partial charge < -0.3 is 10.6 Å². The van der Waals surface area contributed by atoms with Crippen LogP contribution in [0.2, 0.25) is 0 Å². The summed E-state index contributed by atoms with van der Waals surface area (Å²) in [5.41, 5.74) is 1.01. The lowest BCUT2D eigenvalue weighted by Crippen LogP contribution is -2.34. The Hall–Kier alpha value is -0.780. The van der Waals surface area contributed by atoms with E-state index in [9.17, 15) is 4.79 Å². The van der Waals surface area contributed by atoms with Crippen molar-refractivity contribution in [3.63, 3.8) is 0 Å². The summed E-state index contributed by atoms with van der Waals surface area (Å²) >= 11 is 0. The van der Waals surface area contributed by atoms with Crippen molar-refractivity contribution in [2.75, 3.05) is 19.6 Å². The van der Waals surface area contributed by atoms with Crippen LogP contribution in [0, 0.1) is 12.8 Å². The first-order valence-corrected chi connectivity index (χ1v) is 5.74. The Labute approximate surface area is 120 Å². The number of aryl methyl sites for hydroxylation is 1. The summed E-state index contributed by atoms with van der Waals surface area (Å²) < 4.78 is 1.85. The minimum atomic E-state index is 0. The van der Waals surface area contributed by atoms with E-state index in [-0.39, 0.29) is 36.6 Å². The summed E-state index contributed by atoms with van der Waals surface area (Å²) in [7, 11) is 0. The SMILES string of the molecule is Cc1ccn(CCNC(=O)C2CCNC2)n1.Cl.Cl. The molecule has 1 unspecified atom stereocenters. The second kappa shape index (κ2) is 8.34. The molecular weight excluding hydrogens is 275 g/mol. The maximum atomic E-state index is 11.7. The van der Waals surface area contributed by atoms with Crippen LogP contribution in [0.5, 0.6) is 0 Å². The second-order valence-corrected chi connectivity index (χ2v) is 4.20. The Kier molecular flexibility index (Phi) is 7.98. The fraction of sp³-hybridized carbons (Fsp3) is 0.636. The Morgan fingerprint density at radius 2 is 2.39 bits per heavy atom. The van der Waals surface area contributed by atoms with Gasteiger partial charge in [-0.05, 0) is 26.0 Å². The average molecular weight is 295 g/mol. The molecule has 2 heterocycles. The molecule has 0 radical (unpaired) electrons. The van der Waals surface area contributed by atoms with Crippen LogP contribution in [0.3, 0.4) is 0 Å². The molecule has 0 aromatic carbocycles. The molecule has 2 N–H and O–H groups in total. The van der Waals surface area contributed by atoms with Crippen molar-refractivity contribution >= 4 is 30.7 Å². The van der Waals surface area contributed by atoms with Crippen molar-refractivity contribution in [1.29, 1.82) is 0 Å². The van der Waals surface area contributed by atoms with Crippen LogP contribution in [0.1, 0.15) is 12.1 Å². The molecule has 1 aliphatic rings. The first kappa shape index (κ1) is 17.2. The van der Waals surface area contributed by atoms with Crippen LogP contribution in [0.15, 0.2) is 12.3 Å². The lowest BCUT2D eigenvalue weighted by Gasteiger charge is -2.09. The van der Waals surface area contributed by atoms with Crippen LogP contribution in [0.4, 0.5) is 0 Å². The quantitative estimate of drug-likeness (QED) is 0.862. The van der Waals surface area contributed by atoms with E-state index in [1.54, 1.807) is 0 Å². The number of carbonyl (C=O) groups is 1. The van der Waals surface area contributed by atoms with Gasteiger partial charge in [0.25, 0.3) is 0 Å². The molecule has 1 aliphatic heterocycles. The molecule has 7 heteroatoms. The predicted molar refractivity (Wildman–Crippen MR) is 75.4 cm³/mol. The molecule has 1 atom stereocenters. The fourth-order valence-corrected chi connectivity index (χ4v) is 1.90. The van der Waals surface area contributed by atoms with Crippen molar-refractivity contribution < 1.29 is 4.79 Å². The normalized spacial score (nSPS) is 17.7. The highest BCUT2D eigenvalue weighted by atomic mass is 35.5. The van der Waals surface area contributed by atoms with E-state index in [2.05, 4.69) is 15.7 Å². The van der Waals surface area contributed by atoms with Gasteiger partial charge in [-0.25, -0.2) is 0 Å². The molecular formula is C11H20Cl2N4O. The molecule has 18 heavy (non-hydrogen) atoms. The number of amides is 1. The Bertz CT molecular complexity index is 364. The highest BCUT2D eigenvalue weighted by Gasteiger charge is 2.21. The van der Waals surface area contributed by atoms with E-state index >= 15 is 0 Å². The van der Waals surface area contributed by atoms with Gasteiger partial charge in [0.2, 0.25) is 5.91 Å². The monoisotopic (exact) mass is 294 g/mol. The van der Waals surface area contributed by atoms with Crippen LogP contribution in [0.25, 0.3) is 0 Å². The van der Waals surface area contributed by atoms with Gasteiger partial charge in [0.05, 0.1) is 18.2 Å². The second-order valence-electron chi connectivity index (χ2n) is 4.20. The van der Waals surface area contributed by atoms with Crippen LogP contribution >= 0.6 is 24.8 Å². The predicted octanol–water partition coefficient (Wildman–Crippen LogP) is 0.761. The zero-order valence-electron chi connectivity index (χ0n) is 10.4. The standard InChI is InChI=1S/C11H18N4O.2ClH/c1-9-3-6-15(14-9)7-5-13-11(16)10-2-4-12-8-10;;/h3,6,10,12H,2,4-5,7-8H2,1H3,(H,13,16);2*1H. The number of hydrogen-bond acceptors (Lipinski definition) is 3. The van der Waals surface area contributed by atoms with Crippen LogP contribution in [-0.2, 0) is 11.3 Å². The number of hydrogen-bond donors (Lipinski definition) is 2. The summed E-state index contributed by atoms with van der Waals surface area (Å²) in [6.45, 7) is 5.11. The third kappa shape index (κ3) is 4.84. The first-order valence-electron chi connectivity index (χ1n) is 5.74. The van der Waals surface area contributed by atoms with E-state index in [1.165, 1.54) is 0 Å². The number of carbonyl (C=O) groups excluding carboxylic acids is 1. The number of aromatic nitrogens is 2. The zero-order valence-corrected chi connectivity index (χ0v) is 12.0. The maximum Gasteiger partial charge on any atom is 0.224 e. The third-order valence-corrected chi connectivity index (χ3v) is 2.85. The summed E-state index contributed by atoms with van der Waals surface area (Å²) in [5, 5.41) is 10.4. The van der Waals surface area contributed by atoms with Crippen molar-refractivity contribution in [2.24, 2.45) is 5.92 Å². The Morgan fingerprint density at radius 1 is 1.61 bits per heavy atom. The molecule has 1 aromatic rings. The molecule has 1 saturated heterocycles. The van der Waals surface area contributed by atoms with E-state index in [1.807, 2.05) is 23.9 Å². The van der Waals surface area contributed by atoms with Gasteiger partial charge in [0.15, 0.2) is 0 Å². The molecule has 1 amide bonds. The van der Waals surface area contributed by atoms with Crippen molar-refractivity contribution in [1.82, 2.24) is 20.4 Å². The highest BCUT2D eigenvalue weighted by molar-refractivity contribution is 5.85. The molecule has 1 aromatic heterocycles. The molecule has 0 aliphatic carbocycles. The average Bonchev–Trinajstić information content (AvgIpc) is 2.89. The van der Waals surface area contributed by atoms with Gasteiger partial charge in [0.1, 0.15) is 0 Å². The van der Waals surface area contributed by atoms with E-state index in [0.717, 1.165) is 31.7 Å². The number of rotatable bonds is 4. The summed E-state index contributed by atoms with van der Waals surface area (Å²) in [5.74, 6) is 0.313. The fourth-order valence-electron chi connectivity index (χ4n) is 1.90. The molecule has 2 rings (SSSR count). The summed E-state index contributed by atoms with van der Waals surface area (Å²) in [6, 6.07) is 1.96. The van der Waals surface area contributed by atoms with Gasteiger partial charge in [-0.1, -0.05) is 0 Å². The highest BCUT2D eigenvalue weighted by Crippen LogP contribution is 2.06. The van der Waals surface area contributed by atoms with Crippen molar-refractivity contribution in [3.05, 3.63) is 18.0 Å². The number of nitrogens with zero attached hydrogens (tertiary/aromatic N) is 2. The van der Waals surface area contributed by atoms with E-state index in [0.29, 0.717) is 6.54 Å². The minimum Gasteiger partial charge on any atom is -0.354 e. The maximum absolute atomic E-state index is 11.7. The molecule has 104 valence electrons. The summed E-state index contributed by atoms with van der Waals surface area (Å²) in [4.78, 5) is 11.7. The van der Waals surface area contributed by atoms with Gasteiger partial charge >= 0.3 is 0 Å². The van der Waals surface area contributed by atoms with E-state index in [4.69, 9.17) is 0 Å². The molecule has 0 spiro atoms. The van der Waals surface area contributed by atoms with Crippen molar-refractivity contribution in [3.8, 4) is 0 Å². The Balaban J connectivity index is 0.00000144.